The van der Waals surface area contributed by atoms with Gasteiger partial charge in [-0.25, -0.2) is 0 Å². The molecule has 2 aromatic rings. The first-order valence-corrected chi connectivity index (χ1v) is 7.89. The third-order valence-electron chi connectivity index (χ3n) is 3.66. The van der Waals surface area contributed by atoms with Crippen LogP contribution in [0.1, 0.15) is 63.2 Å². The first-order valence-electron chi connectivity index (χ1n) is 7.89. The zero-order valence-electron chi connectivity index (χ0n) is 13.9. The van der Waals surface area contributed by atoms with Crippen molar-refractivity contribution in [2.75, 3.05) is 0 Å². The molecule has 0 amide bonds. The van der Waals surface area contributed by atoms with E-state index in [0.29, 0.717) is 17.9 Å². The molecule has 124 valence electrons. The third-order valence-corrected chi connectivity index (χ3v) is 3.66. The van der Waals surface area contributed by atoms with Crippen LogP contribution in [0, 0.1) is 5.41 Å². The first-order chi connectivity index (χ1) is 10.8. The van der Waals surface area contributed by atoms with Gasteiger partial charge in [0.15, 0.2) is 0 Å². The van der Waals surface area contributed by atoms with Crippen molar-refractivity contribution >= 4 is 18.1 Å². The molecule has 4 heteroatoms. The molecule has 1 unspecified atom stereocenters. The first kappa shape index (κ1) is 17.1. The van der Waals surface area contributed by atoms with Crippen LogP contribution in [0.4, 0.5) is 0 Å². The lowest BCUT2D eigenvalue weighted by Gasteiger charge is -2.18. The summed E-state index contributed by atoms with van der Waals surface area (Å²) in [5.41, 5.74) is 0.211. The predicted octanol–water partition coefficient (Wildman–Crippen LogP) is 5.43. The van der Waals surface area contributed by atoms with E-state index in [0.717, 1.165) is 18.6 Å². The van der Waals surface area contributed by atoms with E-state index in [1.807, 2.05) is 12.1 Å². The number of hydrogen-bond acceptors (Lipinski definition) is 3. The molecular formula is C19H24O4. The molecule has 0 fully saturated rings. The van der Waals surface area contributed by atoms with Gasteiger partial charge in [0.1, 0.15) is 23.2 Å². The van der Waals surface area contributed by atoms with Gasteiger partial charge in [0.25, 0.3) is 0 Å². The van der Waals surface area contributed by atoms with Gasteiger partial charge in [-0.2, -0.15) is 0 Å². The van der Waals surface area contributed by atoms with Gasteiger partial charge < -0.3 is 13.9 Å². The summed E-state index contributed by atoms with van der Waals surface area (Å²) < 4.78 is 10.9. The van der Waals surface area contributed by atoms with E-state index >= 15 is 0 Å². The fourth-order valence-corrected chi connectivity index (χ4v) is 2.42. The lowest BCUT2D eigenvalue weighted by molar-refractivity contribution is -0.139. The van der Waals surface area contributed by atoms with Crippen molar-refractivity contribution in [2.24, 2.45) is 5.41 Å². The van der Waals surface area contributed by atoms with Crippen LogP contribution in [-0.4, -0.2) is 11.1 Å². The molecule has 2 aromatic heterocycles. The standard InChI is InChI=1S/C19H24O4/c1-19(2,3)12-4-7-16(18(20)21)17-11-10-15(23-17)9-8-14-6-5-13-22-14/h5-6,8-11,13,16H,4,7,12H2,1-3H3,(H,20,21)/b9-8+. The molecule has 0 spiro atoms. The quantitative estimate of drug-likeness (QED) is 0.740. The number of hydrogen-bond donors (Lipinski definition) is 1. The third kappa shape index (κ3) is 5.47. The number of carboxylic acids is 1. The van der Waals surface area contributed by atoms with Crippen molar-refractivity contribution in [3.05, 3.63) is 47.8 Å². The average molecular weight is 316 g/mol. The summed E-state index contributed by atoms with van der Waals surface area (Å²) in [7, 11) is 0. The van der Waals surface area contributed by atoms with Crippen LogP contribution in [0.5, 0.6) is 0 Å². The highest BCUT2D eigenvalue weighted by atomic mass is 16.4. The van der Waals surface area contributed by atoms with Crippen molar-refractivity contribution < 1.29 is 18.7 Å². The maximum absolute atomic E-state index is 11.5. The second-order valence-electron chi connectivity index (χ2n) is 6.93. The van der Waals surface area contributed by atoms with Crippen LogP contribution in [0.3, 0.4) is 0 Å². The van der Waals surface area contributed by atoms with Crippen LogP contribution < -0.4 is 0 Å². The summed E-state index contributed by atoms with van der Waals surface area (Å²) in [6.45, 7) is 6.48. The number of furan rings is 2. The van der Waals surface area contributed by atoms with Crippen LogP contribution in [0.15, 0.2) is 39.4 Å². The second-order valence-corrected chi connectivity index (χ2v) is 6.93. The molecule has 0 radical (unpaired) electrons. The van der Waals surface area contributed by atoms with Crippen LogP contribution >= 0.6 is 0 Å². The number of rotatable bonds is 7. The molecule has 2 heterocycles. The molecule has 0 aliphatic carbocycles. The van der Waals surface area contributed by atoms with Crippen LogP contribution in [0.25, 0.3) is 12.2 Å². The van der Waals surface area contributed by atoms with Gasteiger partial charge in [0.2, 0.25) is 0 Å². The maximum atomic E-state index is 11.5. The smallest absolute Gasteiger partial charge is 0.314 e. The van der Waals surface area contributed by atoms with Crippen molar-refractivity contribution in [3.63, 3.8) is 0 Å². The lowest BCUT2D eigenvalue weighted by Crippen LogP contribution is -2.12. The number of aliphatic carboxylic acids is 1. The topological polar surface area (TPSA) is 63.6 Å². The molecule has 1 atom stereocenters. The Bertz CT molecular complexity index is 641. The Kier molecular flexibility index (Phi) is 5.48. The second kappa shape index (κ2) is 7.36. The van der Waals surface area contributed by atoms with E-state index in [-0.39, 0.29) is 5.41 Å². The van der Waals surface area contributed by atoms with Gasteiger partial charge in [0.05, 0.1) is 6.26 Å². The van der Waals surface area contributed by atoms with Crippen molar-refractivity contribution in [2.45, 2.75) is 46.0 Å². The minimum Gasteiger partial charge on any atom is -0.481 e. The Labute approximate surface area is 136 Å². The minimum absolute atomic E-state index is 0.211. The Morgan fingerprint density at radius 2 is 1.96 bits per heavy atom. The Morgan fingerprint density at radius 1 is 1.22 bits per heavy atom. The summed E-state index contributed by atoms with van der Waals surface area (Å²) in [4.78, 5) is 11.5. The molecule has 0 saturated carbocycles. The Morgan fingerprint density at radius 3 is 2.57 bits per heavy atom. The zero-order valence-corrected chi connectivity index (χ0v) is 13.9. The highest BCUT2D eigenvalue weighted by molar-refractivity contribution is 5.75. The average Bonchev–Trinajstić information content (AvgIpc) is 3.11. The largest absolute Gasteiger partial charge is 0.481 e. The molecule has 0 aliphatic heterocycles. The fraction of sp³-hybridized carbons (Fsp3) is 0.421. The van der Waals surface area contributed by atoms with Gasteiger partial charge in [-0.3, -0.25) is 4.79 Å². The molecule has 0 aromatic carbocycles. The van der Waals surface area contributed by atoms with E-state index in [2.05, 4.69) is 20.8 Å². The SMILES string of the molecule is CC(C)(C)CCCC(C(=O)O)c1ccc(/C=C/c2ccco2)o1. The minimum atomic E-state index is -0.838. The van der Waals surface area contributed by atoms with Crippen LogP contribution in [0.2, 0.25) is 0 Å². The molecule has 0 aliphatic rings. The lowest BCUT2D eigenvalue weighted by atomic mass is 9.87. The predicted molar refractivity (Wildman–Crippen MR) is 90.0 cm³/mol. The molecule has 0 bridgehead atoms. The summed E-state index contributed by atoms with van der Waals surface area (Å²) in [5, 5.41) is 9.45. The monoisotopic (exact) mass is 316 g/mol. The molecule has 23 heavy (non-hydrogen) atoms. The van der Waals surface area contributed by atoms with Gasteiger partial charge in [0, 0.05) is 0 Å². The summed E-state index contributed by atoms with van der Waals surface area (Å²) in [6.07, 6.45) is 7.60. The van der Waals surface area contributed by atoms with Crippen molar-refractivity contribution in [1.29, 1.82) is 0 Å². The molecule has 2 rings (SSSR count). The maximum Gasteiger partial charge on any atom is 0.314 e. The molecular weight excluding hydrogens is 292 g/mol. The van der Waals surface area contributed by atoms with E-state index in [1.165, 1.54) is 0 Å². The molecule has 4 nitrogen and oxygen atoms in total. The summed E-state index contributed by atoms with van der Waals surface area (Å²) in [5.74, 6) is 0.421. The van der Waals surface area contributed by atoms with Gasteiger partial charge in [-0.15, -0.1) is 0 Å². The highest BCUT2D eigenvalue weighted by Gasteiger charge is 2.23. The Balaban J connectivity index is 2.01. The van der Waals surface area contributed by atoms with Crippen LogP contribution in [-0.2, 0) is 4.79 Å². The fourth-order valence-electron chi connectivity index (χ4n) is 2.42. The molecule has 0 saturated heterocycles. The summed E-state index contributed by atoms with van der Waals surface area (Å²) >= 11 is 0. The van der Waals surface area contributed by atoms with E-state index in [1.54, 1.807) is 30.5 Å². The van der Waals surface area contributed by atoms with Gasteiger partial charge in [-0.05, 0) is 54.7 Å². The zero-order chi connectivity index (χ0) is 16.9. The highest BCUT2D eigenvalue weighted by Crippen LogP contribution is 2.29. The Hall–Kier alpha value is -2.23. The van der Waals surface area contributed by atoms with Crippen molar-refractivity contribution in [3.8, 4) is 0 Å². The molecule has 1 N–H and O–H groups in total. The normalized spacial score (nSPS) is 13.5. The van der Waals surface area contributed by atoms with Gasteiger partial charge in [-0.1, -0.05) is 27.2 Å². The van der Waals surface area contributed by atoms with Crippen molar-refractivity contribution in [1.82, 2.24) is 0 Å². The summed E-state index contributed by atoms with van der Waals surface area (Å²) in [6, 6.07) is 7.18. The van der Waals surface area contributed by atoms with Gasteiger partial charge >= 0.3 is 5.97 Å². The van der Waals surface area contributed by atoms with E-state index in [9.17, 15) is 9.90 Å². The number of carbonyl (C=O) groups is 1. The van der Waals surface area contributed by atoms with E-state index < -0.39 is 11.9 Å². The van der Waals surface area contributed by atoms with E-state index in [4.69, 9.17) is 8.83 Å². The number of carboxylic acid groups (broad SMARTS) is 1.